The van der Waals surface area contributed by atoms with Gasteiger partial charge < -0.3 is 10.5 Å². The third-order valence-corrected chi connectivity index (χ3v) is 3.99. The van der Waals surface area contributed by atoms with Gasteiger partial charge in [0, 0.05) is 12.5 Å². The summed E-state index contributed by atoms with van der Waals surface area (Å²) < 4.78 is 30.6. The Bertz CT molecular complexity index is 218. The van der Waals surface area contributed by atoms with Crippen molar-refractivity contribution in [3.8, 4) is 0 Å². The normalized spacial score (nSPS) is 41.8. The van der Waals surface area contributed by atoms with E-state index in [1.165, 1.54) is 0 Å². The Hall–Kier alpha value is -0.220. The molecule has 0 bridgehead atoms. The van der Waals surface area contributed by atoms with Crippen molar-refractivity contribution in [2.75, 3.05) is 7.11 Å². The van der Waals surface area contributed by atoms with Gasteiger partial charge in [0.15, 0.2) is 0 Å². The number of hydrogen-bond donors (Lipinski definition) is 1. The summed E-state index contributed by atoms with van der Waals surface area (Å²) in [5.41, 5.74) is 4.04. The Kier molecular flexibility index (Phi) is 1.90. The second kappa shape index (κ2) is 2.64. The highest BCUT2D eigenvalue weighted by atomic mass is 19.3. The summed E-state index contributed by atoms with van der Waals surface area (Å²) in [7, 11) is 1.58. The molecule has 2 saturated carbocycles. The van der Waals surface area contributed by atoms with Crippen molar-refractivity contribution in [3.63, 3.8) is 0 Å². The number of methoxy groups -OCH3 is 1. The van der Waals surface area contributed by atoms with Gasteiger partial charge in [0.05, 0.1) is 11.6 Å². The smallest absolute Gasteiger partial charge is 0.257 e. The average molecular weight is 191 g/mol. The van der Waals surface area contributed by atoms with E-state index in [1.807, 2.05) is 0 Å². The van der Waals surface area contributed by atoms with Crippen LogP contribution in [0, 0.1) is 5.41 Å². The molecule has 2 nitrogen and oxygen atoms in total. The molecule has 2 N–H and O–H groups in total. The number of alkyl halides is 2. The van der Waals surface area contributed by atoms with E-state index in [-0.39, 0.29) is 6.10 Å². The van der Waals surface area contributed by atoms with Crippen LogP contribution >= 0.6 is 0 Å². The molecule has 0 aromatic heterocycles. The minimum Gasteiger partial charge on any atom is -0.381 e. The molecule has 76 valence electrons. The summed E-state index contributed by atoms with van der Waals surface area (Å²) in [6.07, 6.45) is 0.449. The van der Waals surface area contributed by atoms with E-state index in [1.54, 1.807) is 7.11 Å². The van der Waals surface area contributed by atoms with E-state index in [4.69, 9.17) is 10.5 Å². The van der Waals surface area contributed by atoms with Crippen molar-refractivity contribution in [2.24, 2.45) is 11.1 Å². The first-order chi connectivity index (χ1) is 6.07. The Morgan fingerprint density at radius 2 is 2.08 bits per heavy atom. The highest BCUT2D eigenvalue weighted by molar-refractivity contribution is 5.21. The van der Waals surface area contributed by atoms with Gasteiger partial charge in [-0.2, -0.15) is 0 Å². The molecule has 0 aliphatic heterocycles. The monoisotopic (exact) mass is 191 g/mol. The Morgan fingerprint density at radius 1 is 1.46 bits per heavy atom. The largest absolute Gasteiger partial charge is 0.381 e. The van der Waals surface area contributed by atoms with Crippen molar-refractivity contribution in [1.82, 2.24) is 0 Å². The molecule has 2 rings (SSSR count). The summed E-state index contributed by atoms with van der Waals surface area (Å²) in [5, 5.41) is 0. The molecule has 0 saturated heterocycles. The highest BCUT2D eigenvalue weighted by Gasteiger charge is 2.70. The minimum absolute atomic E-state index is 0.0414. The van der Waals surface area contributed by atoms with Crippen LogP contribution in [0.5, 0.6) is 0 Å². The number of hydrogen-bond acceptors (Lipinski definition) is 2. The Morgan fingerprint density at radius 3 is 2.38 bits per heavy atom. The third-order valence-electron chi connectivity index (χ3n) is 3.99. The third kappa shape index (κ3) is 0.880. The van der Waals surface area contributed by atoms with Gasteiger partial charge in [-0.05, 0) is 19.3 Å². The fourth-order valence-corrected chi connectivity index (χ4v) is 2.83. The first kappa shape index (κ1) is 9.34. The van der Waals surface area contributed by atoms with Crippen LogP contribution in [0.1, 0.15) is 25.7 Å². The molecule has 13 heavy (non-hydrogen) atoms. The molecule has 0 radical (unpaired) electrons. The molecule has 2 fully saturated rings. The SMILES string of the molecule is COC1CC(N)(C(F)F)C12CCC2. The Balaban J connectivity index is 2.17. The second-order valence-corrected chi connectivity index (χ2v) is 4.28. The second-order valence-electron chi connectivity index (χ2n) is 4.28. The molecular weight excluding hydrogens is 176 g/mol. The summed E-state index contributed by atoms with van der Waals surface area (Å²) in [6, 6.07) is 0. The van der Waals surface area contributed by atoms with Gasteiger partial charge in [-0.3, -0.25) is 0 Å². The van der Waals surface area contributed by atoms with Gasteiger partial charge >= 0.3 is 0 Å². The van der Waals surface area contributed by atoms with Crippen LogP contribution in [0.15, 0.2) is 0 Å². The quantitative estimate of drug-likeness (QED) is 0.718. The number of halogens is 2. The lowest BCUT2D eigenvalue weighted by Gasteiger charge is -2.66. The van der Waals surface area contributed by atoms with E-state index in [0.29, 0.717) is 6.42 Å². The zero-order valence-electron chi connectivity index (χ0n) is 7.72. The molecule has 0 aromatic carbocycles. The molecule has 0 heterocycles. The zero-order chi connectivity index (χ0) is 9.69. The minimum atomic E-state index is -2.42. The molecule has 4 heteroatoms. The van der Waals surface area contributed by atoms with Crippen LogP contribution in [-0.4, -0.2) is 25.2 Å². The van der Waals surface area contributed by atoms with Crippen molar-refractivity contribution in [2.45, 2.75) is 43.8 Å². The predicted molar refractivity (Wildman–Crippen MR) is 44.6 cm³/mol. The zero-order valence-corrected chi connectivity index (χ0v) is 7.72. The highest BCUT2D eigenvalue weighted by Crippen LogP contribution is 2.63. The maximum atomic E-state index is 12.7. The fourth-order valence-electron chi connectivity index (χ4n) is 2.83. The van der Waals surface area contributed by atoms with Crippen LogP contribution in [0.2, 0.25) is 0 Å². The van der Waals surface area contributed by atoms with Gasteiger partial charge in [0.2, 0.25) is 0 Å². The van der Waals surface area contributed by atoms with Crippen LogP contribution < -0.4 is 5.73 Å². The molecule has 0 aromatic rings. The number of rotatable bonds is 2. The topological polar surface area (TPSA) is 35.2 Å². The van der Waals surface area contributed by atoms with Crippen LogP contribution in [0.25, 0.3) is 0 Å². The van der Waals surface area contributed by atoms with Crippen LogP contribution in [0.4, 0.5) is 8.78 Å². The van der Waals surface area contributed by atoms with Gasteiger partial charge in [0.1, 0.15) is 0 Å². The van der Waals surface area contributed by atoms with Gasteiger partial charge in [-0.15, -0.1) is 0 Å². The standard InChI is InChI=1S/C9H15F2NO/c1-13-6-5-9(12,7(10)11)8(6)3-2-4-8/h6-7H,2-5,12H2,1H3. The van der Waals surface area contributed by atoms with Crippen molar-refractivity contribution in [3.05, 3.63) is 0 Å². The molecule has 2 aliphatic carbocycles. The lowest BCUT2D eigenvalue weighted by Crippen LogP contribution is -2.77. The summed E-state index contributed by atoms with van der Waals surface area (Å²) >= 11 is 0. The van der Waals surface area contributed by atoms with Gasteiger partial charge in [-0.25, -0.2) is 8.78 Å². The molecule has 2 unspecified atom stereocenters. The molecular formula is C9H15F2NO. The van der Waals surface area contributed by atoms with Crippen molar-refractivity contribution >= 4 is 0 Å². The Labute approximate surface area is 76.4 Å². The lowest BCUT2D eigenvalue weighted by molar-refractivity contribution is -0.236. The fraction of sp³-hybridized carbons (Fsp3) is 1.00. The average Bonchev–Trinajstić information content (AvgIpc) is 1.95. The van der Waals surface area contributed by atoms with Gasteiger partial charge in [-0.1, -0.05) is 6.42 Å². The molecule has 0 amide bonds. The maximum Gasteiger partial charge on any atom is 0.257 e. The lowest BCUT2D eigenvalue weighted by atomic mass is 9.44. The first-order valence-electron chi connectivity index (χ1n) is 4.67. The van der Waals surface area contributed by atoms with E-state index in [2.05, 4.69) is 0 Å². The first-order valence-corrected chi connectivity index (χ1v) is 4.67. The van der Waals surface area contributed by atoms with E-state index >= 15 is 0 Å². The summed E-state index contributed by atoms with van der Waals surface area (Å²) in [4.78, 5) is 0. The van der Waals surface area contributed by atoms with Crippen LogP contribution in [-0.2, 0) is 4.74 Å². The van der Waals surface area contributed by atoms with Crippen molar-refractivity contribution < 1.29 is 13.5 Å². The van der Waals surface area contributed by atoms with E-state index in [0.717, 1.165) is 19.3 Å². The molecule has 1 spiro atoms. The molecule has 2 atom stereocenters. The molecule has 2 aliphatic rings. The van der Waals surface area contributed by atoms with Crippen LogP contribution in [0.3, 0.4) is 0 Å². The van der Waals surface area contributed by atoms with E-state index in [9.17, 15) is 8.78 Å². The predicted octanol–water partition coefficient (Wildman–Crippen LogP) is 1.54. The summed E-state index contributed by atoms with van der Waals surface area (Å²) in [5.74, 6) is 0. The maximum absolute atomic E-state index is 12.7. The number of nitrogens with two attached hydrogens (primary N) is 1. The summed E-state index contributed by atoms with van der Waals surface area (Å²) in [6.45, 7) is 0. The van der Waals surface area contributed by atoms with E-state index < -0.39 is 17.4 Å². The van der Waals surface area contributed by atoms with Gasteiger partial charge in [0.25, 0.3) is 6.43 Å². The van der Waals surface area contributed by atoms with Crippen molar-refractivity contribution in [1.29, 1.82) is 0 Å². The number of ether oxygens (including phenoxy) is 1.